The molecule has 182 valence electrons. The average molecular weight is 483 g/mol. The van der Waals surface area contributed by atoms with Gasteiger partial charge in [0.2, 0.25) is 5.95 Å². The van der Waals surface area contributed by atoms with Crippen LogP contribution in [0.5, 0.6) is 5.75 Å². The second-order valence-electron chi connectivity index (χ2n) is 8.95. The molecule has 5 rings (SSSR count). The fraction of sp³-hybridized carbons (Fsp3) is 0.207. The highest BCUT2D eigenvalue weighted by atomic mass is 19.1. The summed E-state index contributed by atoms with van der Waals surface area (Å²) in [4.78, 5) is 24.2. The lowest BCUT2D eigenvalue weighted by molar-refractivity contribution is 0.0734. The number of ether oxygens (including phenoxy) is 1. The monoisotopic (exact) mass is 482 g/mol. The number of anilines is 3. The quantitative estimate of drug-likeness (QED) is 0.265. The van der Waals surface area contributed by atoms with E-state index in [2.05, 4.69) is 22.1 Å². The van der Waals surface area contributed by atoms with Crippen molar-refractivity contribution in [1.29, 1.82) is 0 Å². The van der Waals surface area contributed by atoms with Gasteiger partial charge in [-0.2, -0.15) is 4.98 Å². The lowest BCUT2D eigenvalue weighted by Gasteiger charge is -2.37. The largest absolute Gasteiger partial charge is 0.423 e. The summed E-state index contributed by atoms with van der Waals surface area (Å²) >= 11 is 0. The molecular formula is C29H27FN4O2. The van der Waals surface area contributed by atoms with E-state index in [0.29, 0.717) is 22.9 Å². The highest BCUT2D eigenvalue weighted by Crippen LogP contribution is 2.37. The summed E-state index contributed by atoms with van der Waals surface area (Å²) in [6.07, 6.45) is 0.843. The predicted octanol–water partition coefficient (Wildman–Crippen LogP) is 6.32. The Balaban J connectivity index is 1.41. The van der Waals surface area contributed by atoms with Gasteiger partial charge in [-0.15, -0.1) is 0 Å². The summed E-state index contributed by atoms with van der Waals surface area (Å²) in [6.45, 7) is 6.90. The molecule has 0 amide bonds. The van der Waals surface area contributed by atoms with E-state index in [-0.39, 0.29) is 17.8 Å². The Labute approximate surface area is 209 Å². The topological polar surface area (TPSA) is 67.3 Å². The molecule has 0 aliphatic carbocycles. The molecule has 0 bridgehead atoms. The zero-order valence-electron chi connectivity index (χ0n) is 20.5. The third kappa shape index (κ3) is 4.77. The number of nitrogens with zero attached hydrogens (tertiary/aromatic N) is 3. The van der Waals surface area contributed by atoms with Crippen molar-refractivity contribution < 1.29 is 13.9 Å². The number of aromatic nitrogens is 2. The first-order valence-corrected chi connectivity index (χ1v) is 11.9. The van der Waals surface area contributed by atoms with Crippen LogP contribution in [0.1, 0.15) is 45.7 Å². The molecule has 7 heteroatoms. The van der Waals surface area contributed by atoms with E-state index in [0.717, 1.165) is 35.6 Å². The number of nitrogens with one attached hydrogen (secondary N) is 1. The van der Waals surface area contributed by atoms with Gasteiger partial charge in [-0.1, -0.05) is 24.3 Å². The van der Waals surface area contributed by atoms with Gasteiger partial charge in [0.1, 0.15) is 17.4 Å². The SMILES string of the molecule is Cc1nc(Nc2ccc(F)cc2)nc(N2CCc3ccc(OC(=O)c4ccccc4)cc3[C@@H]2C)c1C. The molecule has 1 N–H and O–H groups in total. The van der Waals surface area contributed by atoms with Crippen LogP contribution in [0.3, 0.4) is 0 Å². The van der Waals surface area contributed by atoms with Crippen LogP contribution in [0.4, 0.5) is 21.8 Å². The van der Waals surface area contributed by atoms with Crippen LogP contribution in [-0.2, 0) is 6.42 Å². The van der Waals surface area contributed by atoms with E-state index in [4.69, 9.17) is 9.72 Å². The molecule has 3 aromatic carbocycles. The summed E-state index contributed by atoms with van der Waals surface area (Å²) in [5.41, 5.74) is 5.43. The molecule has 0 fully saturated rings. The second-order valence-corrected chi connectivity index (χ2v) is 8.95. The standard InChI is InChI=1S/C29H27FN4O2/c1-18-19(2)31-29(32-24-12-10-23(30)11-13-24)33-27(18)34-16-15-21-9-14-25(17-26(21)20(34)3)36-28(35)22-7-5-4-6-8-22/h4-14,17,20H,15-16H2,1-3H3,(H,31,32,33)/t20-/m0/s1. The van der Waals surface area contributed by atoms with Crippen molar-refractivity contribution >= 4 is 23.4 Å². The minimum atomic E-state index is -0.380. The normalized spacial score (nSPS) is 14.8. The first-order chi connectivity index (χ1) is 17.4. The Hall–Kier alpha value is -4.26. The van der Waals surface area contributed by atoms with Gasteiger partial charge in [-0.3, -0.25) is 0 Å². The van der Waals surface area contributed by atoms with Crippen molar-refractivity contribution in [3.05, 3.63) is 107 Å². The van der Waals surface area contributed by atoms with Crippen molar-refractivity contribution in [1.82, 2.24) is 9.97 Å². The molecule has 0 saturated heterocycles. The van der Waals surface area contributed by atoms with Gasteiger partial charge < -0.3 is 15.0 Å². The van der Waals surface area contributed by atoms with Crippen LogP contribution in [0.15, 0.2) is 72.8 Å². The van der Waals surface area contributed by atoms with Gasteiger partial charge in [-0.05, 0) is 86.8 Å². The molecule has 0 unspecified atom stereocenters. The van der Waals surface area contributed by atoms with Crippen LogP contribution >= 0.6 is 0 Å². The second kappa shape index (κ2) is 9.77. The molecule has 0 saturated carbocycles. The lowest BCUT2D eigenvalue weighted by atomic mass is 9.93. The maximum atomic E-state index is 13.3. The maximum Gasteiger partial charge on any atom is 0.343 e. The molecule has 2 heterocycles. The summed E-state index contributed by atoms with van der Waals surface area (Å²) in [5.74, 6) is 1.15. The van der Waals surface area contributed by atoms with Gasteiger partial charge in [0.05, 0.1) is 11.6 Å². The van der Waals surface area contributed by atoms with Gasteiger partial charge in [0.25, 0.3) is 0 Å². The summed E-state index contributed by atoms with van der Waals surface area (Å²) in [5, 5.41) is 3.19. The van der Waals surface area contributed by atoms with Gasteiger partial charge >= 0.3 is 5.97 Å². The number of carbonyl (C=O) groups excluding carboxylic acids is 1. The minimum absolute atomic E-state index is 0.01000. The summed E-state index contributed by atoms with van der Waals surface area (Å²) < 4.78 is 19.0. The number of aryl methyl sites for hydroxylation is 1. The average Bonchev–Trinajstić information content (AvgIpc) is 2.89. The molecule has 4 aromatic rings. The predicted molar refractivity (Wildman–Crippen MR) is 138 cm³/mol. The minimum Gasteiger partial charge on any atom is -0.423 e. The smallest absolute Gasteiger partial charge is 0.343 e. The van der Waals surface area contributed by atoms with E-state index in [1.807, 2.05) is 50.2 Å². The van der Waals surface area contributed by atoms with Crippen LogP contribution in [0, 0.1) is 19.7 Å². The number of halogens is 1. The molecule has 1 aliphatic heterocycles. The van der Waals surface area contributed by atoms with E-state index < -0.39 is 0 Å². The third-order valence-corrected chi connectivity index (χ3v) is 6.61. The van der Waals surface area contributed by atoms with Crippen molar-refractivity contribution in [2.45, 2.75) is 33.2 Å². The molecule has 6 nitrogen and oxygen atoms in total. The number of fused-ring (bicyclic) bond motifs is 1. The molecule has 1 aliphatic rings. The van der Waals surface area contributed by atoms with Crippen molar-refractivity contribution in [2.24, 2.45) is 0 Å². The number of rotatable bonds is 5. The molecule has 36 heavy (non-hydrogen) atoms. The van der Waals surface area contributed by atoms with Crippen molar-refractivity contribution in [3.8, 4) is 5.75 Å². The summed E-state index contributed by atoms with van der Waals surface area (Å²) in [7, 11) is 0. The third-order valence-electron chi connectivity index (χ3n) is 6.61. The first-order valence-electron chi connectivity index (χ1n) is 11.9. The Morgan fingerprint density at radius 1 is 1.03 bits per heavy atom. The molecule has 1 aromatic heterocycles. The number of benzene rings is 3. The Kier molecular flexibility index (Phi) is 6.38. The van der Waals surface area contributed by atoms with Gasteiger partial charge in [0, 0.05) is 23.5 Å². The maximum absolute atomic E-state index is 13.3. The van der Waals surface area contributed by atoms with Crippen LogP contribution in [0.2, 0.25) is 0 Å². The fourth-order valence-corrected chi connectivity index (χ4v) is 4.50. The lowest BCUT2D eigenvalue weighted by Crippen LogP contribution is -2.35. The number of carbonyl (C=O) groups is 1. The number of hydrogen-bond donors (Lipinski definition) is 1. The van der Waals surface area contributed by atoms with E-state index in [9.17, 15) is 9.18 Å². The van der Waals surface area contributed by atoms with Crippen LogP contribution < -0.4 is 15.0 Å². The molecule has 0 spiro atoms. The molecule has 1 atom stereocenters. The molecular weight excluding hydrogens is 455 g/mol. The Morgan fingerprint density at radius 2 is 1.78 bits per heavy atom. The van der Waals surface area contributed by atoms with Crippen molar-refractivity contribution in [3.63, 3.8) is 0 Å². The highest BCUT2D eigenvalue weighted by molar-refractivity contribution is 5.91. The zero-order chi connectivity index (χ0) is 25.2. The highest BCUT2D eigenvalue weighted by Gasteiger charge is 2.28. The molecule has 0 radical (unpaired) electrons. The zero-order valence-corrected chi connectivity index (χ0v) is 20.5. The van der Waals surface area contributed by atoms with Crippen molar-refractivity contribution in [2.75, 3.05) is 16.8 Å². The van der Waals surface area contributed by atoms with E-state index >= 15 is 0 Å². The number of esters is 1. The van der Waals surface area contributed by atoms with Gasteiger partial charge in [-0.25, -0.2) is 14.2 Å². The van der Waals surface area contributed by atoms with E-state index in [1.165, 1.54) is 17.7 Å². The Bertz CT molecular complexity index is 1410. The Morgan fingerprint density at radius 3 is 2.53 bits per heavy atom. The van der Waals surface area contributed by atoms with E-state index in [1.54, 1.807) is 24.3 Å². The van der Waals surface area contributed by atoms with Crippen LogP contribution in [-0.4, -0.2) is 22.5 Å². The first kappa shape index (κ1) is 23.5. The number of hydrogen-bond acceptors (Lipinski definition) is 6. The fourth-order valence-electron chi connectivity index (χ4n) is 4.50. The summed E-state index contributed by atoms with van der Waals surface area (Å²) in [6, 6.07) is 20.9. The van der Waals surface area contributed by atoms with Gasteiger partial charge in [0.15, 0.2) is 0 Å². The van der Waals surface area contributed by atoms with Crippen LogP contribution in [0.25, 0.3) is 0 Å².